The smallest absolute Gasteiger partial charge is 0.336 e. The van der Waals surface area contributed by atoms with Gasteiger partial charge in [0.25, 0.3) is 0 Å². The highest BCUT2D eigenvalue weighted by Gasteiger charge is 2.23. The Hall–Kier alpha value is -1.70. The van der Waals surface area contributed by atoms with Crippen molar-refractivity contribution in [2.24, 2.45) is 0 Å². The molecule has 0 saturated carbocycles. The molecule has 0 spiro atoms. The van der Waals surface area contributed by atoms with Crippen molar-refractivity contribution in [3.63, 3.8) is 0 Å². The first-order valence-electron chi connectivity index (χ1n) is 9.40. The molecular weight excluding hydrogens is 396 g/mol. The molecule has 5 nitrogen and oxygen atoms in total. The van der Waals surface area contributed by atoms with E-state index in [1.165, 1.54) is 4.88 Å². The van der Waals surface area contributed by atoms with Crippen LogP contribution in [0.15, 0.2) is 44.9 Å². The molecule has 148 valence electrons. The molecule has 1 fully saturated rings. The summed E-state index contributed by atoms with van der Waals surface area (Å²) in [5.74, 6) is 0. The van der Waals surface area contributed by atoms with Crippen LogP contribution < -0.4 is 10.9 Å². The summed E-state index contributed by atoms with van der Waals surface area (Å²) in [7, 11) is 0. The van der Waals surface area contributed by atoms with Gasteiger partial charge < -0.3 is 14.5 Å². The maximum Gasteiger partial charge on any atom is 0.336 e. The van der Waals surface area contributed by atoms with Gasteiger partial charge in [0.15, 0.2) is 0 Å². The number of aryl methyl sites for hydroxylation is 1. The summed E-state index contributed by atoms with van der Waals surface area (Å²) in [6.07, 6.45) is 0. The van der Waals surface area contributed by atoms with Crippen molar-refractivity contribution in [1.82, 2.24) is 10.2 Å². The standard InChI is InChI=1S/C21H23ClN2O3S/c1-14-9-19-16(11-17(14)22)15(10-21(25)27-19)12-23-13-18(20-3-2-8-28-20)24-4-6-26-7-5-24/h2-3,8-11,18,23H,4-7,12-13H2,1H3/t18-/m0/s1. The van der Waals surface area contributed by atoms with E-state index in [2.05, 4.69) is 27.7 Å². The van der Waals surface area contributed by atoms with Crippen molar-refractivity contribution >= 4 is 33.9 Å². The van der Waals surface area contributed by atoms with E-state index in [0.29, 0.717) is 23.2 Å². The SMILES string of the molecule is Cc1cc2oc(=O)cc(CNC[C@@H](c3cccs3)N3CCOCC3)c2cc1Cl. The lowest BCUT2D eigenvalue weighted by atomic mass is 10.1. The van der Waals surface area contributed by atoms with E-state index in [9.17, 15) is 4.79 Å². The predicted molar refractivity (Wildman–Crippen MR) is 113 cm³/mol. The number of nitrogens with zero attached hydrogens (tertiary/aromatic N) is 1. The first kappa shape index (κ1) is 19.6. The highest BCUT2D eigenvalue weighted by molar-refractivity contribution is 7.10. The second-order valence-corrected chi connectivity index (χ2v) is 8.39. The number of hydrogen-bond acceptors (Lipinski definition) is 6. The third-order valence-corrected chi connectivity index (χ3v) is 6.50. The highest BCUT2D eigenvalue weighted by atomic mass is 35.5. The van der Waals surface area contributed by atoms with Crippen molar-refractivity contribution in [3.8, 4) is 0 Å². The molecule has 1 atom stereocenters. The van der Waals surface area contributed by atoms with Crippen molar-refractivity contribution in [3.05, 3.63) is 67.2 Å². The van der Waals surface area contributed by atoms with E-state index in [4.69, 9.17) is 20.8 Å². The summed E-state index contributed by atoms with van der Waals surface area (Å²) in [5.41, 5.74) is 2.04. The van der Waals surface area contributed by atoms with Crippen LogP contribution in [0.1, 0.15) is 22.0 Å². The number of fused-ring (bicyclic) bond motifs is 1. The summed E-state index contributed by atoms with van der Waals surface area (Å²) in [5, 5.41) is 7.21. The first-order valence-corrected chi connectivity index (χ1v) is 10.7. The molecule has 4 rings (SSSR count). The third-order valence-electron chi connectivity index (χ3n) is 5.12. The summed E-state index contributed by atoms with van der Waals surface area (Å²) in [6.45, 7) is 6.67. The molecule has 0 bridgehead atoms. The number of hydrogen-bond donors (Lipinski definition) is 1. The Morgan fingerprint density at radius 1 is 1.29 bits per heavy atom. The zero-order chi connectivity index (χ0) is 19.5. The molecule has 3 aromatic rings. The van der Waals surface area contributed by atoms with Crippen molar-refractivity contribution in [2.75, 3.05) is 32.8 Å². The Balaban J connectivity index is 1.53. The van der Waals surface area contributed by atoms with Crippen LogP contribution >= 0.6 is 22.9 Å². The normalized spacial score (nSPS) is 16.5. The van der Waals surface area contributed by atoms with Gasteiger partial charge in [-0.3, -0.25) is 4.90 Å². The molecule has 0 radical (unpaired) electrons. The van der Waals surface area contributed by atoms with Crippen LogP contribution in [-0.4, -0.2) is 37.7 Å². The number of ether oxygens (including phenoxy) is 1. The molecule has 3 heterocycles. The number of halogens is 1. The van der Waals surface area contributed by atoms with E-state index in [1.54, 1.807) is 17.4 Å². The maximum absolute atomic E-state index is 12.0. The summed E-state index contributed by atoms with van der Waals surface area (Å²) in [6, 6.07) is 9.82. The lowest BCUT2D eigenvalue weighted by molar-refractivity contribution is 0.0168. The molecule has 2 aromatic heterocycles. The number of rotatable bonds is 6. The van der Waals surface area contributed by atoms with Gasteiger partial charge in [-0.1, -0.05) is 17.7 Å². The summed E-state index contributed by atoms with van der Waals surface area (Å²) in [4.78, 5) is 15.8. The van der Waals surface area contributed by atoms with Gasteiger partial charge in [-0.25, -0.2) is 4.79 Å². The topological polar surface area (TPSA) is 54.7 Å². The third kappa shape index (κ3) is 4.31. The van der Waals surface area contributed by atoms with E-state index in [0.717, 1.165) is 49.4 Å². The molecular formula is C21H23ClN2O3S. The molecule has 7 heteroatoms. The van der Waals surface area contributed by atoms with Gasteiger partial charge in [0, 0.05) is 47.5 Å². The Morgan fingerprint density at radius 2 is 2.11 bits per heavy atom. The molecule has 28 heavy (non-hydrogen) atoms. The lowest BCUT2D eigenvalue weighted by Crippen LogP contribution is -2.42. The zero-order valence-electron chi connectivity index (χ0n) is 15.7. The average molecular weight is 419 g/mol. The predicted octanol–water partition coefficient (Wildman–Crippen LogP) is 3.98. The van der Waals surface area contributed by atoms with Gasteiger partial charge >= 0.3 is 5.63 Å². The molecule has 0 unspecified atom stereocenters. The van der Waals surface area contributed by atoms with Gasteiger partial charge in [0.2, 0.25) is 0 Å². The molecule has 1 aliphatic rings. The fourth-order valence-electron chi connectivity index (χ4n) is 3.62. The van der Waals surface area contributed by atoms with Crippen LogP contribution in [0.3, 0.4) is 0 Å². The molecule has 0 amide bonds. The van der Waals surface area contributed by atoms with Gasteiger partial charge in [-0.2, -0.15) is 0 Å². The molecule has 0 aliphatic carbocycles. The van der Waals surface area contributed by atoms with Crippen LogP contribution in [0.5, 0.6) is 0 Å². The van der Waals surface area contributed by atoms with Crippen LogP contribution in [-0.2, 0) is 11.3 Å². The molecule has 1 aromatic carbocycles. The van der Waals surface area contributed by atoms with Crippen LogP contribution in [0, 0.1) is 6.92 Å². The van der Waals surface area contributed by atoms with Crippen molar-refractivity contribution in [2.45, 2.75) is 19.5 Å². The van der Waals surface area contributed by atoms with Gasteiger partial charge in [0.05, 0.1) is 19.3 Å². The fourth-order valence-corrected chi connectivity index (χ4v) is 4.64. The van der Waals surface area contributed by atoms with E-state index < -0.39 is 0 Å². The zero-order valence-corrected chi connectivity index (χ0v) is 17.3. The Bertz CT molecular complexity index is 997. The largest absolute Gasteiger partial charge is 0.423 e. The first-order chi connectivity index (χ1) is 13.6. The van der Waals surface area contributed by atoms with Crippen LogP contribution in [0.2, 0.25) is 5.02 Å². The number of nitrogens with one attached hydrogen (secondary N) is 1. The number of benzene rings is 1. The van der Waals surface area contributed by atoms with E-state index >= 15 is 0 Å². The minimum Gasteiger partial charge on any atom is -0.423 e. The molecule has 1 saturated heterocycles. The van der Waals surface area contributed by atoms with Gasteiger partial charge in [0.1, 0.15) is 5.58 Å². The van der Waals surface area contributed by atoms with Crippen molar-refractivity contribution < 1.29 is 9.15 Å². The Labute approximate surface area is 172 Å². The maximum atomic E-state index is 12.0. The van der Waals surface area contributed by atoms with Crippen LogP contribution in [0.25, 0.3) is 11.0 Å². The van der Waals surface area contributed by atoms with Crippen molar-refractivity contribution in [1.29, 1.82) is 0 Å². The lowest BCUT2D eigenvalue weighted by Gasteiger charge is -2.34. The second kappa shape index (κ2) is 8.76. The fraction of sp³-hybridized carbons (Fsp3) is 0.381. The number of thiophene rings is 1. The number of morpholine rings is 1. The average Bonchev–Trinajstić information content (AvgIpc) is 3.21. The molecule has 1 N–H and O–H groups in total. The summed E-state index contributed by atoms with van der Waals surface area (Å²) < 4.78 is 10.9. The second-order valence-electron chi connectivity index (χ2n) is 7.00. The van der Waals surface area contributed by atoms with E-state index in [-0.39, 0.29) is 5.63 Å². The monoisotopic (exact) mass is 418 g/mol. The van der Waals surface area contributed by atoms with Crippen LogP contribution in [0.4, 0.5) is 0 Å². The Kier molecular flexibility index (Phi) is 6.13. The highest BCUT2D eigenvalue weighted by Crippen LogP contribution is 2.27. The summed E-state index contributed by atoms with van der Waals surface area (Å²) >= 11 is 8.07. The van der Waals surface area contributed by atoms with E-state index in [1.807, 2.05) is 19.1 Å². The van der Waals surface area contributed by atoms with Gasteiger partial charge in [-0.15, -0.1) is 11.3 Å². The quantitative estimate of drug-likeness (QED) is 0.613. The molecule has 1 aliphatic heterocycles. The minimum absolute atomic E-state index is 0.293. The van der Waals surface area contributed by atoms with Gasteiger partial charge in [-0.05, 0) is 41.6 Å². The minimum atomic E-state index is -0.339. The Morgan fingerprint density at radius 3 is 2.86 bits per heavy atom.